The first-order valence-electron chi connectivity index (χ1n) is 6.55. The summed E-state index contributed by atoms with van der Waals surface area (Å²) in [5, 5.41) is 12.4. The zero-order valence-electron chi connectivity index (χ0n) is 11.0. The van der Waals surface area contributed by atoms with Gasteiger partial charge in [-0.05, 0) is 23.3 Å². The molecule has 3 rings (SSSR count). The van der Waals surface area contributed by atoms with Crippen molar-refractivity contribution in [2.45, 2.75) is 19.5 Å². The fourth-order valence-electron chi connectivity index (χ4n) is 2.56. The summed E-state index contributed by atoms with van der Waals surface area (Å²) in [6, 6.07) is 7.49. The number of aromatic nitrogens is 2. The molecule has 0 radical (unpaired) electrons. The third-order valence-corrected chi connectivity index (χ3v) is 3.53. The van der Waals surface area contributed by atoms with Gasteiger partial charge < -0.3 is 9.88 Å². The van der Waals surface area contributed by atoms with Gasteiger partial charge in [0.25, 0.3) is 5.56 Å². The molecule has 100 valence electrons. The fraction of sp³-hybridized carbons (Fsp3) is 0.267. The molecule has 5 nitrogen and oxygen atoms in total. The summed E-state index contributed by atoms with van der Waals surface area (Å²) in [5.41, 5.74) is 3.02. The largest absolute Gasteiger partial charge is 0.312 e. The third kappa shape index (κ3) is 2.22. The monoisotopic (exact) mass is 266 g/mol. The topological polar surface area (TPSA) is 70.7 Å². The predicted molar refractivity (Wildman–Crippen MR) is 74.2 cm³/mol. The lowest BCUT2D eigenvalue weighted by molar-refractivity contribution is 0.580. The van der Waals surface area contributed by atoms with Crippen LogP contribution in [0.1, 0.15) is 22.4 Å². The highest BCUT2D eigenvalue weighted by Gasteiger charge is 2.17. The quantitative estimate of drug-likeness (QED) is 0.873. The molecule has 0 amide bonds. The molecule has 2 aromatic heterocycles. The van der Waals surface area contributed by atoms with Crippen molar-refractivity contribution in [2.75, 3.05) is 6.54 Å². The van der Waals surface area contributed by atoms with E-state index in [1.807, 2.05) is 18.2 Å². The molecule has 1 aliphatic rings. The number of nitriles is 1. The summed E-state index contributed by atoms with van der Waals surface area (Å²) in [4.78, 5) is 16.4. The van der Waals surface area contributed by atoms with Gasteiger partial charge in [0.2, 0.25) is 0 Å². The Balaban J connectivity index is 2.13. The average Bonchev–Trinajstić information content (AvgIpc) is 2.51. The molecule has 0 saturated carbocycles. The van der Waals surface area contributed by atoms with E-state index in [1.165, 1.54) is 0 Å². The molecular formula is C15H14N4O. The van der Waals surface area contributed by atoms with Gasteiger partial charge in [-0.1, -0.05) is 6.07 Å². The second-order valence-corrected chi connectivity index (χ2v) is 4.82. The van der Waals surface area contributed by atoms with Crippen molar-refractivity contribution in [3.63, 3.8) is 0 Å². The molecule has 0 fully saturated rings. The van der Waals surface area contributed by atoms with E-state index in [4.69, 9.17) is 5.26 Å². The molecule has 0 unspecified atom stereocenters. The van der Waals surface area contributed by atoms with Crippen LogP contribution in [0.2, 0.25) is 0 Å². The van der Waals surface area contributed by atoms with E-state index < -0.39 is 0 Å². The number of hydrogen-bond donors (Lipinski definition) is 1. The van der Waals surface area contributed by atoms with Crippen molar-refractivity contribution < 1.29 is 0 Å². The van der Waals surface area contributed by atoms with Crippen LogP contribution in [0.25, 0.3) is 0 Å². The highest BCUT2D eigenvalue weighted by atomic mass is 16.1. The van der Waals surface area contributed by atoms with Gasteiger partial charge >= 0.3 is 0 Å². The molecule has 0 saturated heterocycles. The van der Waals surface area contributed by atoms with Crippen LogP contribution in [0.4, 0.5) is 0 Å². The molecule has 0 aliphatic carbocycles. The molecule has 0 bridgehead atoms. The Morgan fingerprint density at radius 2 is 2.40 bits per heavy atom. The molecule has 3 heterocycles. The van der Waals surface area contributed by atoms with Gasteiger partial charge in [-0.2, -0.15) is 5.26 Å². The number of hydrogen-bond acceptors (Lipinski definition) is 4. The van der Waals surface area contributed by atoms with E-state index in [1.54, 1.807) is 23.0 Å². The van der Waals surface area contributed by atoms with Crippen molar-refractivity contribution in [2.24, 2.45) is 0 Å². The first-order valence-corrected chi connectivity index (χ1v) is 6.55. The molecule has 0 spiro atoms. The van der Waals surface area contributed by atoms with Gasteiger partial charge in [0.1, 0.15) is 11.6 Å². The Morgan fingerprint density at radius 3 is 3.15 bits per heavy atom. The Labute approximate surface area is 116 Å². The predicted octanol–water partition coefficient (Wildman–Crippen LogP) is 0.809. The number of fused-ring (bicyclic) bond motifs is 1. The SMILES string of the molecule is N#Cc1cc2c(n(Cc3cccnc3)c1=O)CCNC2. The fourth-order valence-corrected chi connectivity index (χ4v) is 2.56. The minimum Gasteiger partial charge on any atom is -0.312 e. The van der Waals surface area contributed by atoms with Crippen molar-refractivity contribution >= 4 is 0 Å². The lowest BCUT2D eigenvalue weighted by Gasteiger charge is -2.22. The lowest BCUT2D eigenvalue weighted by atomic mass is 10.0. The van der Waals surface area contributed by atoms with Gasteiger partial charge in [0.05, 0.1) is 6.54 Å². The van der Waals surface area contributed by atoms with Crippen LogP contribution in [0, 0.1) is 11.3 Å². The standard InChI is InChI=1S/C15H14N4O/c16-7-12-6-13-9-18-5-3-14(13)19(15(12)20)10-11-2-1-4-17-8-11/h1-2,4,6,8,18H,3,5,9-10H2. The van der Waals surface area contributed by atoms with E-state index in [-0.39, 0.29) is 11.1 Å². The normalized spacial score (nSPS) is 13.6. The summed E-state index contributed by atoms with van der Waals surface area (Å²) in [6.07, 6.45) is 4.26. The zero-order chi connectivity index (χ0) is 13.9. The van der Waals surface area contributed by atoms with Gasteiger partial charge in [-0.3, -0.25) is 9.78 Å². The first kappa shape index (κ1) is 12.6. The van der Waals surface area contributed by atoms with Crippen molar-refractivity contribution in [1.29, 1.82) is 5.26 Å². The maximum Gasteiger partial charge on any atom is 0.268 e. The molecule has 20 heavy (non-hydrogen) atoms. The van der Waals surface area contributed by atoms with E-state index in [2.05, 4.69) is 10.3 Å². The number of pyridine rings is 2. The van der Waals surface area contributed by atoms with Gasteiger partial charge in [0.15, 0.2) is 0 Å². The molecular weight excluding hydrogens is 252 g/mol. The molecule has 5 heteroatoms. The van der Waals surface area contributed by atoms with Crippen LogP contribution in [0.15, 0.2) is 35.4 Å². The maximum atomic E-state index is 12.4. The van der Waals surface area contributed by atoms with Crippen molar-refractivity contribution in [1.82, 2.24) is 14.9 Å². The minimum atomic E-state index is -0.211. The maximum absolute atomic E-state index is 12.4. The summed E-state index contributed by atoms with van der Waals surface area (Å²) in [6.45, 7) is 2.02. The second kappa shape index (κ2) is 5.27. The Bertz CT molecular complexity index is 728. The Hall–Kier alpha value is -2.45. The van der Waals surface area contributed by atoms with E-state index >= 15 is 0 Å². The second-order valence-electron chi connectivity index (χ2n) is 4.82. The van der Waals surface area contributed by atoms with Crippen LogP contribution in [0.3, 0.4) is 0 Å². The van der Waals surface area contributed by atoms with Gasteiger partial charge in [-0.25, -0.2) is 0 Å². The van der Waals surface area contributed by atoms with E-state index in [0.29, 0.717) is 13.1 Å². The zero-order valence-corrected chi connectivity index (χ0v) is 11.0. The highest BCUT2D eigenvalue weighted by Crippen LogP contribution is 2.14. The van der Waals surface area contributed by atoms with Crippen LogP contribution >= 0.6 is 0 Å². The lowest BCUT2D eigenvalue weighted by Crippen LogP contribution is -2.34. The smallest absolute Gasteiger partial charge is 0.268 e. The minimum absolute atomic E-state index is 0.205. The Morgan fingerprint density at radius 1 is 1.50 bits per heavy atom. The molecule has 1 N–H and O–H groups in total. The van der Waals surface area contributed by atoms with Crippen LogP contribution in [-0.4, -0.2) is 16.1 Å². The van der Waals surface area contributed by atoms with Crippen LogP contribution < -0.4 is 10.9 Å². The summed E-state index contributed by atoms with van der Waals surface area (Å²) < 4.78 is 1.71. The highest BCUT2D eigenvalue weighted by molar-refractivity contribution is 5.36. The van der Waals surface area contributed by atoms with Crippen LogP contribution in [0.5, 0.6) is 0 Å². The average molecular weight is 266 g/mol. The molecule has 1 aliphatic heterocycles. The van der Waals surface area contributed by atoms with E-state index in [0.717, 1.165) is 29.8 Å². The first-order chi connectivity index (χ1) is 9.79. The summed E-state index contributed by atoms with van der Waals surface area (Å²) in [7, 11) is 0. The van der Waals surface area contributed by atoms with Crippen molar-refractivity contribution in [3.8, 4) is 6.07 Å². The summed E-state index contributed by atoms with van der Waals surface area (Å²) >= 11 is 0. The molecule has 0 aromatic carbocycles. The van der Waals surface area contributed by atoms with E-state index in [9.17, 15) is 4.79 Å². The molecule has 2 aromatic rings. The number of nitrogens with one attached hydrogen (secondary N) is 1. The van der Waals surface area contributed by atoms with Crippen molar-refractivity contribution in [3.05, 3.63) is 63.3 Å². The van der Waals surface area contributed by atoms with Crippen LogP contribution in [-0.2, 0) is 19.5 Å². The third-order valence-electron chi connectivity index (χ3n) is 3.53. The van der Waals surface area contributed by atoms with Gasteiger partial charge in [-0.15, -0.1) is 0 Å². The molecule has 0 atom stereocenters. The Kier molecular flexibility index (Phi) is 3.32. The van der Waals surface area contributed by atoms with Gasteiger partial charge in [0, 0.05) is 37.6 Å². The number of rotatable bonds is 2. The number of nitrogens with zero attached hydrogens (tertiary/aromatic N) is 3. The summed E-state index contributed by atoms with van der Waals surface area (Å²) in [5.74, 6) is 0.